The Balaban J connectivity index is 0.00000161. The number of ether oxygens (including phenoxy) is 1. The van der Waals surface area contributed by atoms with E-state index >= 15 is 0 Å². The van der Waals surface area contributed by atoms with Crippen LogP contribution in [0.25, 0.3) is 10.9 Å². The molecule has 3 nitrogen and oxygen atoms in total. The van der Waals surface area contributed by atoms with Gasteiger partial charge in [-0.3, -0.25) is 0 Å². The minimum Gasteiger partial charge on any atom is -0.367 e. The Morgan fingerprint density at radius 1 is 1.29 bits per heavy atom. The molecule has 1 aromatic carbocycles. The Morgan fingerprint density at radius 2 is 2.00 bits per heavy atom. The van der Waals surface area contributed by atoms with Gasteiger partial charge in [-0.25, -0.2) is 0 Å². The van der Waals surface area contributed by atoms with E-state index in [0.717, 1.165) is 26.1 Å². The molecule has 1 aromatic heterocycles. The summed E-state index contributed by atoms with van der Waals surface area (Å²) in [6.45, 7) is 7.28. The van der Waals surface area contributed by atoms with E-state index < -0.39 is 0 Å². The van der Waals surface area contributed by atoms with Crippen LogP contribution in [0.4, 0.5) is 0 Å². The van der Waals surface area contributed by atoms with E-state index in [9.17, 15) is 0 Å². The first-order valence-corrected chi connectivity index (χ1v) is 7.40. The third-order valence-electron chi connectivity index (χ3n) is 4.50. The normalized spacial score (nSPS) is 21.4. The Labute approximate surface area is 133 Å². The molecular formula is C17H25ClN2O. The van der Waals surface area contributed by atoms with E-state index in [4.69, 9.17) is 4.74 Å². The van der Waals surface area contributed by atoms with Gasteiger partial charge in [-0.1, -0.05) is 18.2 Å². The first kappa shape index (κ1) is 16.3. The molecule has 1 aliphatic heterocycles. The van der Waals surface area contributed by atoms with E-state index in [1.54, 1.807) is 0 Å². The van der Waals surface area contributed by atoms with E-state index in [0.29, 0.717) is 0 Å². The zero-order valence-electron chi connectivity index (χ0n) is 13.3. The summed E-state index contributed by atoms with van der Waals surface area (Å²) in [7, 11) is 4.24. The van der Waals surface area contributed by atoms with Crippen LogP contribution in [-0.4, -0.2) is 36.7 Å². The zero-order valence-corrected chi connectivity index (χ0v) is 14.2. The van der Waals surface area contributed by atoms with Crippen LogP contribution in [0.1, 0.15) is 24.6 Å². The first-order valence-electron chi connectivity index (χ1n) is 7.40. The summed E-state index contributed by atoms with van der Waals surface area (Å²) in [4.78, 5) is 2.23. The van der Waals surface area contributed by atoms with Gasteiger partial charge >= 0.3 is 0 Å². The van der Waals surface area contributed by atoms with Crippen molar-refractivity contribution in [3.8, 4) is 0 Å². The SMILES string of the molecule is Cc1c2n(c3ccccc13)CCOC2(C)CCN(C)C.Cl. The second kappa shape index (κ2) is 5.99. The van der Waals surface area contributed by atoms with Crippen molar-refractivity contribution in [3.05, 3.63) is 35.5 Å². The summed E-state index contributed by atoms with van der Waals surface area (Å²) in [5.41, 5.74) is 3.92. The van der Waals surface area contributed by atoms with Gasteiger partial charge in [0.25, 0.3) is 0 Å². The van der Waals surface area contributed by atoms with Gasteiger partial charge in [0, 0.05) is 24.0 Å². The fourth-order valence-electron chi connectivity index (χ4n) is 3.45. The molecule has 21 heavy (non-hydrogen) atoms. The van der Waals surface area contributed by atoms with Crippen LogP contribution in [0.3, 0.4) is 0 Å². The number of nitrogens with zero attached hydrogens (tertiary/aromatic N) is 2. The average molecular weight is 309 g/mol. The second-order valence-electron chi connectivity index (χ2n) is 6.27. The lowest BCUT2D eigenvalue weighted by Crippen LogP contribution is -2.38. The molecule has 0 aliphatic carbocycles. The number of aromatic nitrogens is 1. The van der Waals surface area contributed by atoms with E-state index in [1.807, 2.05) is 0 Å². The number of hydrogen-bond acceptors (Lipinski definition) is 2. The number of hydrogen-bond donors (Lipinski definition) is 0. The van der Waals surface area contributed by atoms with Crippen LogP contribution in [0, 0.1) is 6.92 Å². The third-order valence-corrected chi connectivity index (χ3v) is 4.50. The van der Waals surface area contributed by atoms with Gasteiger partial charge in [0.15, 0.2) is 0 Å². The molecule has 0 bridgehead atoms. The minimum absolute atomic E-state index is 0. The first-order chi connectivity index (χ1) is 9.53. The molecule has 0 spiro atoms. The van der Waals surface area contributed by atoms with Crippen molar-refractivity contribution in [1.29, 1.82) is 0 Å². The lowest BCUT2D eigenvalue weighted by atomic mass is 9.93. The zero-order chi connectivity index (χ0) is 14.3. The summed E-state index contributed by atoms with van der Waals surface area (Å²) in [5, 5.41) is 1.36. The highest BCUT2D eigenvalue weighted by Crippen LogP contribution is 2.39. The lowest BCUT2D eigenvalue weighted by molar-refractivity contribution is -0.0721. The van der Waals surface area contributed by atoms with E-state index in [-0.39, 0.29) is 18.0 Å². The number of halogens is 1. The van der Waals surface area contributed by atoms with E-state index in [1.165, 1.54) is 22.2 Å². The topological polar surface area (TPSA) is 17.4 Å². The van der Waals surface area contributed by atoms with Crippen LogP contribution >= 0.6 is 12.4 Å². The van der Waals surface area contributed by atoms with Gasteiger partial charge in [-0.2, -0.15) is 0 Å². The molecule has 0 amide bonds. The smallest absolute Gasteiger partial charge is 0.107 e. The maximum absolute atomic E-state index is 6.21. The molecule has 1 aliphatic rings. The van der Waals surface area contributed by atoms with Crippen molar-refractivity contribution in [2.24, 2.45) is 0 Å². The molecule has 116 valence electrons. The number of para-hydroxylation sites is 1. The maximum atomic E-state index is 6.21. The fraction of sp³-hybridized carbons (Fsp3) is 0.529. The van der Waals surface area contributed by atoms with Crippen molar-refractivity contribution in [2.75, 3.05) is 27.2 Å². The summed E-state index contributed by atoms with van der Waals surface area (Å²) < 4.78 is 8.67. The Kier molecular flexibility index (Phi) is 4.66. The summed E-state index contributed by atoms with van der Waals surface area (Å²) in [6, 6.07) is 8.70. The van der Waals surface area contributed by atoms with Crippen molar-refractivity contribution >= 4 is 23.3 Å². The van der Waals surface area contributed by atoms with Gasteiger partial charge in [0.2, 0.25) is 0 Å². The largest absolute Gasteiger partial charge is 0.367 e. The van der Waals surface area contributed by atoms with Gasteiger partial charge in [0.1, 0.15) is 5.60 Å². The molecule has 0 fully saturated rings. The predicted octanol–water partition coefficient (Wildman–Crippen LogP) is 3.57. The molecule has 2 heterocycles. The third kappa shape index (κ3) is 2.70. The second-order valence-corrected chi connectivity index (χ2v) is 6.27. The van der Waals surface area contributed by atoms with Crippen molar-refractivity contribution < 1.29 is 4.74 Å². The van der Waals surface area contributed by atoms with Crippen molar-refractivity contribution in [2.45, 2.75) is 32.4 Å². The van der Waals surface area contributed by atoms with Crippen LogP contribution in [0.5, 0.6) is 0 Å². The molecule has 3 rings (SSSR count). The molecule has 1 atom stereocenters. The molecule has 0 saturated heterocycles. The highest BCUT2D eigenvalue weighted by Gasteiger charge is 2.36. The molecule has 4 heteroatoms. The van der Waals surface area contributed by atoms with Gasteiger partial charge in [-0.15, -0.1) is 12.4 Å². The van der Waals surface area contributed by atoms with Gasteiger partial charge < -0.3 is 14.2 Å². The Bertz CT molecular complexity index is 635. The van der Waals surface area contributed by atoms with Crippen LogP contribution < -0.4 is 0 Å². The summed E-state index contributed by atoms with van der Waals surface area (Å²) >= 11 is 0. The fourth-order valence-corrected chi connectivity index (χ4v) is 3.45. The highest BCUT2D eigenvalue weighted by atomic mass is 35.5. The average Bonchev–Trinajstić information content (AvgIpc) is 2.73. The van der Waals surface area contributed by atoms with Gasteiger partial charge in [-0.05, 0) is 46.0 Å². The number of benzene rings is 1. The Hall–Kier alpha value is -1.03. The maximum Gasteiger partial charge on any atom is 0.107 e. The van der Waals surface area contributed by atoms with E-state index in [2.05, 4.69) is 61.7 Å². The van der Waals surface area contributed by atoms with Crippen molar-refractivity contribution in [3.63, 3.8) is 0 Å². The molecule has 2 aromatic rings. The number of rotatable bonds is 3. The molecule has 1 unspecified atom stereocenters. The number of fused-ring (bicyclic) bond motifs is 3. The lowest BCUT2D eigenvalue weighted by Gasteiger charge is -2.37. The summed E-state index contributed by atoms with van der Waals surface area (Å²) in [6.07, 6.45) is 1.02. The summed E-state index contributed by atoms with van der Waals surface area (Å²) in [5.74, 6) is 0. The van der Waals surface area contributed by atoms with Gasteiger partial charge in [0.05, 0.1) is 12.3 Å². The Morgan fingerprint density at radius 3 is 2.71 bits per heavy atom. The molecule has 0 radical (unpaired) electrons. The van der Waals surface area contributed by atoms with Crippen LogP contribution in [-0.2, 0) is 16.9 Å². The minimum atomic E-state index is -0.175. The monoisotopic (exact) mass is 308 g/mol. The highest BCUT2D eigenvalue weighted by molar-refractivity contribution is 5.86. The molecular weight excluding hydrogens is 284 g/mol. The van der Waals surface area contributed by atoms with Crippen LogP contribution in [0.2, 0.25) is 0 Å². The standard InChI is InChI=1S/C17H24N2O.ClH/c1-13-14-7-5-6-8-15(14)19-11-12-20-17(2,16(13)19)9-10-18(3)4;/h5-8H,9-12H2,1-4H3;1H. The van der Waals surface area contributed by atoms with Crippen molar-refractivity contribution in [1.82, 2.24) is 9.47 Å². The quantitative estimate of drug-likeness (QED) is 0.862. The van der Waals surface area contributed by atoms with Crippen LogP contribution in [0.15, 0.2) is 24.3 Å². The number of aryl methyl sites for hydroxylation is 1. The molecule has 0 N–H and O–H groups in total. The molecule has 0 saturated carbocycles. The predicted molar refractivity (Wildman–Crippen MR) is 90.4 cm³/mol.